The quantitative estimate of drug-likeness (QED) is 0.0168. The Morgan fingerprint density at radius 2 is 0.814 bits per heavy atom. The van der Waals surface area contributed by atoms with E-state index in [1.165, 1.54) is 127 Å². The molecular formula is C62H95BrClN33O16. The molecule has 0 bridgehead atoms. The van der Waals surface area contributed by atoms with Gasteiger partial charge in [0.1, 0.15) is 29.0 Å². The summed E-state index contributed by atoms with van der Waals surface area (Å²) in [6.07, 6.45) is 7.07. The molecule has 0 unspecified atom stereocenters. The number of aryl methyl sites for hydroxylation is 5. The highest BCUT2D eigenvalue weighted by molar-refractivity contribution is 9.09. The molecule has 0 aliphatic carbocycles. The number of hydrogen-bond acceptors (Lipinski definition) is 25. The van der Waals surface area contributed by atoms with Gasteiger partial charge in [0, 0.05) is 84.6 Å². The first kappa shape index (κ1) is 94.0. The van der Waals surface area contributed by atoms with E-state index < -0.39 is 68.8 Å². The summed E-state index contributed by atoms with van der Waals surface area (Å²) in [7, 11) is 19.8. The largest absolute Gasteiger partial charge is 0.444 e. The van der Waals surface area contributed by atoms with Crippen molar-refractivity contribution in [2.24, 2.45) is 103 Å². The zero-order valence-electron chi connectivity index (χ0n) is 66.3. The maximum Gasteiger partial charge on any atom is 0.411 e. The van der Waals surface area contributed by atoms with E-state index in [-0.39, 0.29) is 106 Å². The number of fused-ring (bicyclic) bond motifs is 5. The molecule has 13 N–H and O–H groups in total. The Kier molecular flexibility index (Phi) is 32.4. The fourth-order valence-corrected chi connectivity index (χ4v) is 9.73. The van der Waals surface area contributed by atoms with Gasteiger partial charge >= 0.3 is 46.7 Å². The Hall–Kier alpha value is -13.2. The lowest BCUT2D eigenvalue weighted by molar-refractivity contribution is 0.0248. The SMILES string of the molecule is CC(C)(C)OC(=O)NCBr.CN(Cn1cnc2c1c(=O)n(C)c(=O)n2C)C(=N)N=C(N)N.CN(Cn1cnc2c1c(=O)n(C)c(=O)n2C)C(=O)OC(C)(C)C.CNCn1cnc2c1c(=O)n(C)c(=O)n2C.Cl.Cn1c(=O)c2[nH]cnc2n(C)c1=O.Cn1c(=O)c2c(ncn2CNC(=O)OC(C)(C)C)n(C)c1=O.N#CN=C(N)N. The molecule has 10 heterocycles. The van der Waals surface area contributed by atoms with Gasteiger partial charge in [0.25, 0.3) is 27.8 Å². The fourth-order valence-electron chi connectivity index (χ4n) is 9.50. The standard InChI is InChI=1S/C14H21N5O4.C13H19N5O4.C11H17N9O2.C9H13N5O2.C7H8N4O2.C6H12BrNO2.C2H4N4.ClH/c1-14(2,3)23-13(22)16(4)8-19-7-15-10-9(19)11(20)18(6)12(21)17(10)5;1-13(2,3)22-11(20)15-7-18-6-14-9-8(18)10(19)17(5)12(21)16(9)4;1-17(10(14)16-9(12)13)5-20-4-15-7-6(20)8(21)19(3)11(22)18(7)2;1-10-4-14-5-11-7-6(14)8(15)13(3)9(16)12(7)2;1-10-5-4(8-3-9-5)6(12)11(2)7(10)13;1-6(2,3)10-5(9)8-4-7;3-1-6-2(4)5;/h7H,8H2,1-6H3;6H,7H2,1-5H3,(H,15,20);4H,5H2,1-3H3,(H5,12,13,14,16);5,10H,4H2,1-3H3;3H,1-2H3,(H,8,9);4H2,1-3H3,(H,8,9);(H4,4,5,6);1H. The molecule has 10 aromatic rings. The van der Waals surface area contributed by atoms with Crippen LogP contribution in [0.4, 0.5) is 14.4 Å². The zero-order valence-corrected chi connectivity index (χ0v) is 68.7. The number of H-pyrrole nitrogens is 1. The number of alkyl carbamates (subject to hydrolysis) is 2. The van der Waals surface area contributed by atoms with E-state index in [1.54, 1.807) is 94.7 Å². The van der Waals surface area contributed by atoms with Crippen molar-refractivity contribution >= 4 is 120 Å². The second kappa shape index (κ2) is 38.9. The molecule has 0 radical (unpaired) electrons. The number of nitrogens with two attached hydrogens (primary N) is 4. The minimum absolute atomic E-state index is 0. The minimum atomic E-state index is -0.610. The van der Waals surface area contributed by atoms with E-state index in [0.717, 1.165) is 22.8 Å². The minimum Gasteiger partial charge on any atom is -0.444 e. The summed E-state index contributed by atoms with van der Waals surface area (Å²) in [5.41, 5.74) is 17.6. The van der Waals surface area contributed by atoms with Crippen LogP contribution < -0.4 is 95.1 Å². The van der Waals surface area contributed by atoms with Gasteiger partial charge < -0.3 is 81.2 Å². The Bertz CT molecular complexity index is 5910. The normalized spacial score (nSPS) is 10.8. The van der Waals surface area contributed by atoms with Crippen LogP contribution in [0.25, 0.3) is 55.8 Å². The van der Waals surface area contributed by atoms with Crippen molar-refractivity contribution in [3.05, 3.63) is 136 Å². The Labute approximate surface area is 654 Å². The molecule has 0 atom stereocenters. The smallest absolute Gasteiger partial charge is 0.411 e. The van der Waals surface area contributed by atoms with Gasteiger partial charge in [-0.25, -0.2) is 63.3 Å². The molecule has 113 heavy (non-hydrogen) atoms. The van der Waals surface area contributed by atoms with Crippen LogP contribution in [0.5, 0.6) is 0 Å². The number of amides is 3. The molecule has 51 heteroatoms. The number of rotatable bonds is 9. The van der Waals surface area contributed by atoms with E-state index in [0.29, 0.717) is 34.5 Å². The number of nitrogens with one attached hydrogen (secondary N) is 5. The molecule has 10 aromatic heterocycles. The average Bonchev–Trinajstić information content (AvgIpc) is 1.68. The zero-order chi connectivity index (χ0) is 85.4. The van der Waals surface area contributed by atoms with Crippen molar-refractivity contribution in [2.75, 3.05) is 26.6 Å². The first-order valence-electron chi connectivity index (χ1n) is 32.8. The van der Waals surface area contributed by atoms with E-state index in [2.05, 4.69) is 71.8 Å². The number of carbonyl (C=O) groups is 3. The van der Waals surface area contributed by atoms with Gasteiger partial charge in [-0.2, -0.15) is 10.3 Å². The molecule has 618 valence electrons. The Balaban J connectivity index is 0.000000351. The number of aliphatic imine (C=N–C) groups is 2. The maximum atomic E-state index is 12.3. The van der Waals surface area contributed by atoms with Gasteiger partial charge in [0.2, 0.25) is 18.1 Å². The molecule has 0 saturated carbocycles. The number of halogens is 2. The topological polar surface area (TPSA) is 618 Å². The van der Waals surface area contributed by atoms with Gasteiger partial charge in [-0.05, 0) is 69.4 Å². The number of ether oxygens (including phenoxy) is 3. The number of nitrogens with zero attached hydrogens (tertiary/aromatic N) is 24. The van der Waals surface area contributed by atoms with Crippen molar-refractivity contribution < 1.29 is 28.6 Å². The average molecular weight is 1670 g/mol. The second-order valence-electron chi connectivity index (χ2n) is 27.0. The van der Waals surface area contributed by atoms with Gasteiger partial charge in [-0.3, -0.25) is 80.0 Å². The van der Waals surface area contributed by atoms with Crippen LogP contribution in [0.15, 0.2) is 89.6 Å². The number of guanidine groups is 3. The molecular weight excluding hydrogens is 1580 g/mol. The number of aromatic amines is 1. The molecule has 10 rings (SSSR count). The van der Waals surface area contributed by atoms with E-state index >= 15 is 0 Å². The molecule has 49 nitrogen and oxygen atoms in total. The van der Waals surface area contributed by atoms with Crippen molar-refractivity contribution in [1.29, 1.82) is 10.7 Å². The van der Waals surface area contributed by atoms with Crippen LogP contribution in [0.1, 0.15) is 62.3 Å². The van der Waals surface area contributed by atoms with Crippen LogP contribution in [0, 0.1) is 16.9 Å². The summed E-state index contributed by atoms with van der Waals surface area (Å²) in [5.74, 6) is -0.591. The maximum absolute atomic E-state index is 12.3. The first-order valence-corrected chi connectivity index (χ1v) is 33.9. The Morgan fingerprint density at radius 1 is 0.496 bits per heavy atom. The summed E-state index contributed by atoms with van der Waals surface area (Å²) in [6, 6.07) is 0. The Morgan fingerprint density at radius 3 is 1.13 bits per heavy atom. The number of aromatic nitrogens is 20. The van der Waals surface area contributed by atoms with Gasteiger partial charge in [-0.1, -0.05) is 15.9 Å². The summed E-state index contributed by atoms with van der Waals surface area (Å²) in [4.78, 5) is 185. The lowest BCUT2D eigenvalue weighted by Gasteiger charge is -2.24. The second-order valence-corrected chi connectivity index (χ2v) is 27.6. The third kappa shape index (κ3) is 23.7. The van der Waals surface area contributed by atoms with Crippen LogP contribution in [0.2, 0.25) is 0 Å². The molecule has 0 spiro atoms. The number of carbonyl (C=O) groups excluding carboxylic acids is 3. The van der Waals surface area contributed by atoms with E-state index in [9.17, 15) is 62.3 Å². The summed E-state index contributed by atoms with van der Waals surface area (Å²) < 4.78 is 33.1. The molecule has 0 aliphatic heterocycles. The summed E-state index contributed by atoms with van der Waals surface area (Å²) in [6.45, 7) is 16.7. The number of nitriles is 1. The third-order valence-corrected chi connectivity index (χ3v) is 15.1. The lowest BCUT2D eigenvalue weighted by Crippen LogP contribution is -2.39. The predicted molar refractivity (Wildman–Crippen MR) is 423 cm³/mol. The van der Waals surface area contributed by atoms with Crippen molar-refractivity contribution in [2.45, 2.75) is 106 Å². The molecule has 0 saturated heterocycles. The van der Waals surface area contributed by atoms with Crippen LogP contribution in [0.3, 0.4) is 0 Å². The number of hydrogen-bond donors (Lipinski definition) is 9. The third-order valence-electron chi connectivity index (χ3n) is 14.8. The molecule has 0 aliphatic rings. The highest BCUT2D eigenvalue weighted by Crippen LogP contribution is 2.14. The van der Waals surface area contributed by atoms with Gasteiger partial charge in [0.15, 0.2) is 56.3 Å². The number of alkyl halides is 1. The molecule has 0 aromatic carbocycles. The lowest BCUT2D eigenvalue weighted by atomic mass is 10.2. The first-order chi connectivity index (χ1) is 51.8. The number of imidazole rings is 5. The molecule has 3 amide bonds. The highest BCUT2D eigenvalue weighted by Gasteiger charge is 2.24. The van der Waals surface area contributed by atoms with Crippen molar-refractivity contribution in [1.82, 2.24) is 120 Å². The fraction of sp³-hybridized carbons (Fsp3) is 0.484. The molecule has 0 fully saturated rings. The predicted octanol–water partition coefficient (Wildman–Crippen LogP) is -3.70. The van der Waals surface area contributed by atoms with Crippen molar-refractivity contribution in [3.8, 4) is 6.19 Å². The van der Waals surface area contributed by atoms with E-state index in [1.807, 2.05) is 20.8 Å². The summed E-state index contributed by atoms with van der Waals surface area (Å²) >= 11 is 3.05. The van der Waals surface area contributed by atoms with Gasteiger partial charge in [0.05, 0.1) is 57.1 Å². The summed E-state index contributed by atoms with van der Waals surface area (Å²) in [5, 5.41) is 23.3. The monoisotopic (exact) mass is 1670 g/mol. The van der Waals surface area contributed by atoms with Crippen molar-refractivity contribution in [3.63, 3.8) is 0 Å². The van der Waals surface area contributed by atoms with Crippen LogP contribution in [-0.2, 0) is 111 Å². The van der Waals surface area contributed by atoms with Gasteiger partial charge in [-0.15, -0.1) is 17.4 Å². The van der Waals surface area contributed by atoms with Crippen LogP contribution in [-0.4, -0.2) is 183 Å². The van der Waals surface area contributed by atoms with E-state index in [4.69, 9.17) is 47.8 Å². The highest BCUT2D eigenvalue weighted by atomic mass is 79.9. The van der Waals surface area contributed by atoms with Crippen LogP contribution >= 0.6 is 28.3 Å².